The number of hydrogen-bond acceptors (Lipinski definition) is 1. The van der Waals surface area contributed by atoms with Crippen molar-refractivity contribution in [3.05, 3.63) is 35.4 Å². The second-order valence-corrected chi connectivity index (χ2v) is 5.70. The van der Waals surface area contributed by atoms with Gasteiger partial charge in [-0.15, -0.1) is 0 Å². The van der Waals surface area contributed by atoms with Crippen LogP contribution in [0.1, 0.15) is 31.4 Å². The van der Waals surface area contributed by atoms with Crippen LogP contribution in [0.3, 0.4) is 0 Å². The molecule has 0 amide bonds. The van der Waals surface area contributed by atoms with Gasteiger partial charge in [0.15, 0.2) is 0 Å². The highest BCUT2D eigenvalue weighted by Crippen LogP contribution is 2.49. The van der Waals surface area contributed by atoms with Gasteiger partial charge in [-0.2, -0.15) is 0 Å². The zero-order chi connectivity index (χ0) is 10.5. The predicted octanol–water partition coefficient (Wildman–Crippen LogP) is 2.54. The van der Waals surface area contributed by atoms with Crippen LogP contribution in [-0.2, 0) is 12.8 Å². The highest BCUT2D eigenvalue weighted by atomic mass is 15.0. The van der Waals surface area contributed by atoms with E-state index >= 15 is 0 Å². The minimum atomic E-state index is 0.298. The monoisotopic (exact) mass is 201 g/mol. The molecule has 1 aromatic rings. The van der Waals surface area contributed by atoms with Gasteiger partial charge in [-0.05, 0) is 56.2 Å². The molecule has 0 atom stereocenters. The maximum absolute atomic E-state index is 3.66. The van der Waals surface area contributed by atoms with Crippen molar-refractivity contribution in [3.8, 4) is 0 Å². The first-order valence-corrected chi connectivity index (χ1v) is 5.95. The molecule has 0 radical (unpaired) electrons. The summed E-state index contributed by atoms with van der Waals surface area (Å²) in [6.45, 7) is 5.92. The number of hydrogen-bond donors (Lipinski definition) is 1. The van der Waals surface area contributed by atoms with E-state index in [-0.39, 0.29) is 0 Å². The van der Waals surface area contributed by atoms with E-state index in [0.29, 0.717) is 11.0 Å². The topological polar surface area (TPSA) is 12.0 Å². The minimum absolute atomic E-state index is 0.298. The van der Waals surface area contributed by atoms with Gasteiger partial charge in [-0.1, -0.05) is 24.3 Å². The van der Waals surface area contributed by atoms with Crippen LogP contribution >= 0.6 is 0 Å². The molecular weight excluding hydrogens is 182 g/mol. The summed E-state index contributed by atoms with van der Waals surface area (Å²) in [7, 11) is 0. The third-order valence-corrected chi connectivity index (χ3v) is 4.67. The number of benzene rings is 1. The van der Waals surface area contributed by atoms with Crippen molar-refractivity contribution in [2.24, 2.45) is 5.41 Å². The van der Waals surface area contributed by atoms with Crippen molar-refractivity contribution in [2.45, 2.75) is 38.6 Å². The molecule has 0 unspecified atom stereocenters. The van der Waals surface area contributed by atoms with Crippen LogP contribution in [0.25, 0.3) is 0 Å². The molecule has 80 valence electrons. The third kappa shape index (κ3) is 1.19. The molecule has 0 saturated carbocycles. The molecule has 1 heterocycles. The van der Waals surface area contributed by atoms with Gasteiger partial charge < -0.3 is 5.32 Å². The first kappa shape index (κ1) is 9.41. The summed E-state index contributed by atoms with van der Waals surface area (Å²) in [5.74, 6) is 0. The molecule has 1 spiro atoms. The van der Waals surface area contributed by atoms with Gasteiger partial charge in [0, 0.05) is 5.54 Å². The molecule has 1 aromatic carbocycles. The van der Waals surface area contributed by atoms with E-state index in [4.69, 9.17) is 0 Å². The van der Waals surface area contributed by atoms with E-state index in [1.165, 1.54) is 25.8 Å². The van der Waals surface area contributed by atoms with Gasteiger partial charge >= 0.3 is 0 Å². The molecule has 0 bridgehead atoms. The van der Waals surface area contributed by atoms with E-state index in [1.807, 2.05) is 0 Å². The van der Waals surface area contributed by atoms with Gasteiger partial charge in [0.1, 0.15) is 0 Å². The Morgan fingerprint density at radius 1 is 1.07 bits per heavy atom. The molecule has 1 N–H and O–H groups in total. The molecular formula is C14H19N. The number of rotatable bonds is 0. The number of fused-ring (bicyclic) bond motifs is 1. The normalized spacial score (nSPS) is 25.7. The summed E-state index contributed by atoms with van der Waals surface area (Å²) < 4.78 is 0. The Labute approximate surface area is 91.9 Å². The zero-order valence-electron chi connectivity index (χ0n) is 9.64. The van der Waals surface area contributed by atoms with Crippen molar-refractivity contribution < 1.29 is 0 Å². The van der Waals surface area contributed by atoms with Gasteiger partial charge in [-0.3, -0.25) is 0 Å². The van der Waals surface area contributed by atoms with Crippen molar-refractivity contribution in [1.82, 2.24) is 5.32 Å². The summed E-state index contributed by atoms with van der Waals surface area (Å²) in [4.78, 5) is 0. The van der Waals surface area contributed by atoms with Crippen LogP contribution in [0.5, 0.6) is 0 Å². The van der Waals surface area contributed by atoms with Crippen molar-refractivity contribution in [2.75, 3.05) is 6.54 Å². The van der Waals surface area contributed by atoms with Crippen LogP contribution in [0, 0.1) is 5.41 Å². The molecule has 1 heteroatoms. The van der Waals surface area contributed by atoms with E-state index in [0.717, 1.165) is 0 Å². The molecule has 3 rings (SSSR count). The Bertz CT molecular complexity index is 367. The number of nitrogens with one attached hydrogen (secondary N) is 1. The lowest BCUT2D eigenvalue weighted by molar-refractivity contribution is 0.184. The second kappa shape index (κ2) is 2.85. The molecule has 1 nitrogen and oxygen atoms in total. The summed E-state index contributed by atoms with van der Waals surface area (Å²) in [5, 5.41) is 3.66. The van der Waals surface area contributed by atoms with Crippen molar-refractivity contribution >= 4 is 0 Å². The molecule has 15 heavy (non-hydrogen) atoms. The Hall–Kier alpha value is -0.820. The van der Waals surface area contributed by atoms with Crippen molar-refractivity contribution in [3.63, 3.8) is 0 Å². The average molecular weight is 201 g/mol. The summed E-state index contributed by atoms with van der Waals surface area (Å²) in [5.41, 5.74) is 3.94. The zero-order valence-corrected chi connectivity index (χ0v) is 9.64. The quantitative estimate of drug-likeness (QED) is 0.680. The Kier molecular flexibility index (Phi) is 1.79. The van der Waals surface area contributed by atoms with Crippen LogP contribution in [0.4, 0.5) is 0 Å². The highest BCUT2D eigenvalue weighted by Gasteiger charge is 2.51. The average Bonchev–Trinajstić information content (AvgIpc) is 2.68. The molecule has 0 aromatic heterocycles. The summed E-state index contributed by atoms with van der Waals surface area (Å²) in [6.07, 6.45) is 3.86. The second-order valence-electron chi connectivity index (χ2n) is 5.70. The van der Waals surface area contributed by atoms with Gasteiger partial charge in [0.25, 0.3) is 0 Å². The lowest BCUT2D eigenvalue weighted by Gasteiger charge is -2.38. The standard InChI is InChI=1S/C14H19N/c1-13(2)14(7-8-15-13)9-11-5-3-4-6-12(11)10-14/h3-6,15H,7-10H2,1-2H3. The Morgan fingerprint density at radius 3 is 2.13 bits per heavy atom. The largest absolute Gasteiger partial charge is 0.311 e. The van der Waals surface area contributed by atoms with E-state index in [2.05, 4.69) is 43.4 Å². The smallest absolute Gasteiger partial charge is 0.0188 e. The summed E-state index contributed by atoms with van der Waals surface area (Å²) >= 11 is 0. The molecule has 1 saturated heterocycles. The molecule has 1 fully saturated rings. The lowest BCUT2D eigenvalue weighted by atomic mass is 9.70. The molecule has 2 aliphatic rings. The Morgan fingerprint density at radius 2 is 1.67 bits per heavy atom. The van der Waals surface area contributed by atoms with E-state index < -0.39 is 0 Å². The fourth-order valence-corrected chi connectivity index (χ4v) is 3.43. The summed E-state index contributed by atoms with van der Waals surface area (Å²) in [6, 6.07) is 8.96. The first-order chi connectivity index (χ1) is 7.13. The van der Waals surface area contributed by atoms with Crippen molar-refractivity contribution in [1.29, 1.82) is 0 Å². The highest BCUT2D eigenvalue weighted by molar-refractivity contribution is 5.36. The van der Waals surface area contributed by atoms with Crippen LogP contribution in [0.15, 0.2) is 24.3 Å². The van der Waals surface area contributed by atoms with Crippen LogP contribution < -0.4 is 5.32 Å². The fourth-order valence-electron chi connectivity index (χ4n) is 3.43. The van der Waals surface area contributed by atoms with Gasteiger partial charge in [-0.25, -0.2) is 0 Å². The maximum atomic E-state index is 3.66. The molecule has 1 aliphatic heterocycles. The van der Waals surface area contributed by atoms with Gasteiger partial charge in [0.2, 0.25) is 0 Å². The molecule has 1 aliphatic carbocycles. The first-order valence-electron chi connectivity index (χ1n) is 5.95. The van der Waals surface area contributed by atoms with Crippen LogP contribution in [-0.4, -0.2) is 12.1 Å². The van der Waals surface area contributed by atoms with Gasteiger partial charge in [0.05, 0.1) is 0 Å². The minimum Gasteiger partial charge on any atom is -0.311 e. The van der Waals surface area contributed by atoms with E-state index in [1.54, 1.807) is 11.1 Å². The third-order valence-electron chi connectivity index (χ3n) is 4.67. The lowest BCUT2D eigenvalue weighted by Crippen LogP contribution is -2.47. The van der Waals surface area contributed by atoms with E-state index in [9.17, 15) is 0 Å². The Balaban J connectivity index is 2.01. The fraction of sp³-hybridized carbons (Fsp3) is 0.571. The maximum Gasteiger partial charge on any atom is 0.0188 e. The predicted molar refractivity (Wildman–Crippen MR) is 63.0 cm³/mol. The SMILES string of the molecule is CC1(C)NCCC12Cc1ccccc1C2. The van der Waals surface area contributed by atoms with Crippen LogP contribution in [0.2, 0.25) is 0 Å².